The van der Waals surface area contributed by atoms with Crippen molar-refractivity contribution in [2.45, 2.75) is 25.3 Å². The standard InChI is InChI=1S/C9H11N/c1-2-6-9-8(4-1)5-3-7-10-9/h3-5,7,9H,1-2,6H2. The fourth-order valence-electron chi connectivity index (χ4n) is 1.53. The zero-order valence-corrected chi connectivity index (χ0v) is 5.96. The summed E-state index contributed by atoms with van der Waals surface area (Å²) in [6.45, 7) is 0. The van der Waals surface area contributed by atoms with Crippen molar-refractivity contribution in [3.63, 3.8) is 0 Å². The highest BCUT2D eigenvalue weighted by molar-refractivity contribution is 5.74. The van der Waals surface area contributed by atoms with Crippen LogP contribution in [0, 0.1) is 0 Å². The molecule has 0 bridgehead atoms. The lowest BCUT2D eigenvalue weighted by atomic mass is 9.93. The number of rotatable bonds is 0. The highest BCUT2D eigenvalue weighted by Crippen LogP contribution is 2.23. The third-order valence-electron chi connectivity index (χ3n) is 2.09. The second-order valence-electron chi connectivity index (χ2n) is 2.81. The molecule has 1 aliphatic carbocycles. The first-order valence-corrected chi connectivity index (χ1v) is 3.87. The van der Waals surface area contributed by atoms with Crippen LogP contribution >= 0.6 is 0 Å². The van der Waals surface area contributed by atoms with E-state index in [9.17, 15) is 0 Å². The topological polar surface area (TPSA) is 12.4 Å². The number of allylic oxidation sites excluding steroid dienone is 2. The molecule has 0 saturated heterocycles. The van der Waals surface area contributed by atoms with Crippen LogP contribution in [0.25, 0.3) is 0 Å². The molecule has 0 radical (unpaired) electrons. The molecule has 2 rings (SSSR count). The lowest BCUT2D eigenvalue weighted by Gasteiger charge is -2.19. The third kappa shape index (κ3) is 0.919. The van der Waals surface area contributed by atoms with Crippen molar-refractivity contribution in [2.24, 2.45) is 4.99 Å². The first-order valence-electron chi connectivity index (χ1n) is 3.87. The zero-order chi connectivity index (χ0) is 6.81. The molecule has 0 aromatic rings. The molecular weight excluding hydrogens is 122 g/mol. The van der Waals surface area contributed by atoms with E-state index in [4.69, 9.17) is 0 Å². The molecule has 2 aliphatic rings. The fourth-order valence-corrected chi connectivity index (χ4v) is 1.53. The predicted molar refractivity (Wildman–Crippen MR) is 43.4 cm³/mol. The van der Waals surface area contributed by atoms with Gasteiger partial charge in [-0.1, -0.05) is 12.2 Å². The second kappa shape index (κ2) is 2.41. The Kier molecular flexibility index (Phi) is 1.42. The maximum Gasteiger partial charge on any atom is 0.0746 e. The molecule has 0 spiro atoms. The molecule has 0 fully saturated rings. The van der Waals surface area contributed by atoms with Gasteiger partial charge >= 0.3 is 0 Å². The van der Waals surface area contributed by atoms with Crippen LogP contribution in [0.4, 0.5) is 0 Å². The van der Waals surface area contributed by atoms with E-state index >= 15 is 0 Å². The van der Waals surface area contributed by atoms with Crippen molar-refractivity contribution in [3.05, 3.63) is 23.8 Å². The molecule has 1 heterocycles. The predicted octanol–water partition coefficient (Wildman–Crippen LogP) is 2.11. The Labute approximate surface area is 61.2 Å². The summed E-state index contributed by atoms with van der Waals surface area (Å²) in [5.41, 5.74) is 1.42. The first-order chi connectivity index (χ1) is 4.97. The van der Waals surface area contributed by atoms with Crippen molar-refractivity contribution in [1.29, 1.82) is 0 Å². The third-order valence-corrected chi connectivity index (χ3v) is 2.09. The van der Waals surface area contributed by atoms with Crippen LogP contribution in [-0.4, -0.2) is 12.3 Å². The Morgan fingerprint density at radius 2 is 2.50 bits per heavy atom. The number of fused-ring (bicyclic) bond motifs is 1. The lowest BCUT2D eigenvalue weighted by molar-refractivity contribution is 0.627. The van der Waals surface area contributed by atoms with Crippen LogP contribution in [0.15, 0.2) is 28.8 Å². The van der Waals surface area contributed by atoms with Gasteiger partial charge < -0.3 is 0 Å². The summed E-state index contributed by atoms with van der Waals surface area (Å²) in [4.78, 5) is 4.37. The summed E-state index contributed by atoms with van der Waals surface area (Å²) in [6.07, 6.45) is 12.2. The molecule has 1 unspecified atom stereocenters. The molecule has 1 aliphatic heterocycles. The van der Waals surface area contributed by atoms with Crippen LogP contribution in [0.1, 0.15) is 19.3 Å². The van der Waals surface area contributed by atoms with Crippen LogP contribution in [0.5, 0.6) is 0 Å². The molecule has 0 aromatic carbocycles. The molecule has 1 heteroatoms. The van der Waals surface area contributed by atoms with Crippen molar-refractivity contribution in [1.82, 2.24) is 0 Å². The minimum absolute atomic E-state index is 0.499. The van der Waals surface area contributed by atoms with Crippen LogP contribution in [0.2, 0.25) is 0 Å². The average Bonchev–Trinajstić information content (AvgIpc) is 2.05. The summed E-state index contributed by atoms with van der Waals surface area (Å²) in [5.74, 6) is 0. The maximum absolute atomic E-state index is 4.37. The van der Waals surface area contributed by atoms with E-state index in [0.717, 1.165) is 0 Å². The van der Waals surface area contributed by atoms with Gasteiger partial charge in [0.2, 0.25) is 0 Å². The SMILES string of the molecule is C1=CC2=CCCCC2N=C1. The van der Waals surface area contributed by atoms with E-state index < -0.39 is 0 Å². The van der Waals surface area contributed by atoms with E-state index in [1.165, 1.54) is 24.8 Å². The number of aliphatic imine (C=N–C) groups is 1. The number of dihydropyridines is 1. The molecule has 10 heavy (non-hydrogen) atoms. The van der Waals surface area contributed by atoms with Crippen LogP contribution < -0.4 is 0 Å². The van der Waals surface area contributed by atoms with E-state index in [2.05, 4.69) is 17.1 Å². The largest absolute Gasteiger partial charge is 0.285 e. The van der Waals surface area contributed by atoms with Gasteiger partial charge in [-0.3, -0.25) is 4.99 Å². The van der Waals surface area contributed by atoms with Gasteiger partial charge in [-0.15, -0.1) is 0 Å². The minimum atomic E-state index is 0.499. The molecular formula is C9H11N. The Bertz CT molecular complexity index is 211. The summed E-state index contributed by atoms with van der Waals surface area (Å²) < 4.78 is 0. The Balaban J connectivity index is 2.27. The highest BCUT2D eigenvalue weighted by atomic mass is 14.8. The van der Waals surface area contributed by atoms with Crippen molar-refractivity contribution < 1.29 is 0 Å². The summed E-state index contributed by atoms with van der Waals surface area (Å²) >= 11 is 0. The van der Waals surface area contributed by atoms with Gasteiger partial charge in [0.1, 0.15) is 0 Å². The molecule has 0 saturated carbocycles. The lowest BCUT2D eigenvalue weighted by Crippen LogP contribution is -2.12. The highest BCUT2D eigenvalue weighted by Gasteiger charge is 2.14. The van der Waals surface area contributed by atoms with Gasteiger partial charge in [-0.2, -0.15) is 0 Å². The van der Waals surface area contributed by atoms with Crippen LogP contribution in [-0.2, 0) is 0 Å². The Morgan fingerprint density at radius 1 is 1.50 bits per heavy atom. The summed E-state index contributed by atoms with van der Waals surface area (Å²) in [6, 6.07) is 0.499. The molecule has 0 N–H and O–H groups in total. The fraction of sp³-hybridized carbons (Fsp3) is 0.444. The van der Waals surface area contributed by atoms with Gasteiger partial charge in [-0.25, -0.2) is 0 Å². The smallest absolute Gasteiger partial charge is 0.0746 e. The van der Waals surface area contributed by atoms with E-state index in [1.807, 2.05) is 12.3 Å². The quantitative estimate of drug-likeness (QED) is 0.480. The maximum atomic E-state index is 4.37. The average molecular weight is 133 g/mol. The van der Waals surface area contributed by atoms with Gasteiger partial charge in [-0.05, 0) is 30.9 Å². The number of hydrogen-bond acceptors (Lipinski definition) is 1. The van der Waals surface area contributed by atoms with E-state index in [0.29, 0.717) is 6.04 Å². The van der Waals surface area contributed by atoms with Gasteiger partial charge in [0.25, 0.3) is 0 Å². The monoisotopic (exact) mass is 133 g/mol. The van der Waals surface area contributed by atoms with Crippen molar-refractivity contribution in [2.75, 3.05) is 0 Å². The summed E-state index contributed by atoms with van der Waals surface area (Å²) in [5, 5.41) is 0. The molecule has 1 atom stereocenters. The first kappa shape index (κ1) is 5.90. The molecule has 0 amide bonds. The number of hydrogen-bond donors (Lipinski definition) is 0. The van der Waals surface area contributed by atoms with E-state index in [1.54, 1.807) is 0 Å². The Hall–Kier alpha value is -0.850. The minimum Gasteiger partial charge on any atom is -0.285 e. The van der Waals surface area contributed by atoms with Crippen molar-refractivity contribution in [3.8, 4) is 0 Å². The Morgan fingerprint density at radius 3 is 3.40 bits per heavy atom. The van der Waals surface area contributed by atoms with Crippen molar-refractivity contribution >= 4 is 6.21 Å². The summed E-state index contributed by atoms with van der Waals surface area (Å²) in [7, 11) is 0. The van der Waals surface area contributed by atoms with Crippen LogP contribution in [0.3, 0.4) is 0 Å². The molecule has 1 nitrogen and oxygen atoms in total. The second-order valence-corrected chi connectivity index (χ2v) is 2.81. The molecule has 52 valence electrons. The van der Waals surface area contributed by atoms with E-state index in [-0.39, 0.29) is 0 Å². The molecule has 0 aromatic heterocycles. The number of nitrogens with zero attached hydrogens (tertiary/aromatic N) is 1. The zero-order valence-electron chi connectivity index (χ0n) is 5.96. The van der Waals surface area contributed by atoms with Gasteiger partial charge in [0.15, 0.2) is 0 Å². The normalized spacial score (nSPS) is 29.6. The van der Waals surface area contributed by atoms with Gasteiger partial charge in [0.05, 0.1) is 6.04 Å². The van der Waals surface area contributed by atoms with Gasteiger partial charge in [0, 0.05) is 6.21 Å².